The molecule has 0 aliphatic carbocycles. The van der Waals surface area contributed by atoms with Crippen LogP contribution < -0.4 is 18.9 Å². The van der Waals surface area contributed by atoms with Gasteiger partial charge in [-0.1, -0.05) is 0 Å². The van der Waals surface area contributed by atoms with Crippen molar-refractivity contribution in [3.05, 3.63) is 42.0 Å². The fourth-order valence-electron chi connectivity index (χ4n) is 4.29. The van der Waals surface area contributed by atoms with E-state index in [0.29, 0.717) is 48.0 Å². The van der Waals surface area contributed by atoms with Crippen LogP contribution in [0, 0.1) is 0 Å². The molecule has 2 aliphatic rings. The average Bonchev–Trinajstić information content (AvgIpc) is 2.79. The molecule has 0 aromatic heterocycles. The summed E-state index contributed by atoms with van der Waals surface area (Å²) >= 11 is 0. The third-order valence-corrected chi connectivity index (χ3v) is 7.90. The third kappa shape index (κ3) is 4.02. The summed E-state index contributed by atoms with van der Waals surface area (Å²) in [4.78, 5) is 13.2. The van der Waals surface area contributed by atoms with E-state index in [-0.39, 0.29) is 30.2 Å². The molecule has 172 valence electrons. The van der Waals surface area contributed by atoms with Crippen LogP contribution in [-0.4, -0.2) is 58.0 Å². The lowest BCUT2D eigenvalue weighted by atomic mass is 9.82. The van der Waals surface area contributed by atoms with Crippen molar-refractivity contribution in [2.45, 2.75) is 36.7 Å². The molecule has 2 aliphatic heterocycles. The van der Waals surface area contributed by atoms with E-state index in [4.69, 9.17) is 18.9 Å². The van der Waals surface area contributed by atoms with Gasteiger partial charge in [-0.05, 0) is 31.2 Å². The number of carbonyl (C=O) groups is 1. The van der Waals surface area contributed by atoms with Crippen LogP contribution in [0.15, 0.2) is 41.3 Å². The van der Waals surface area contributed by atoms with Crippen molar-refractivity contribution in [2.24, 2.45) is 0 Å². The molecule has 0 amide bonds. The van der Waals surface area contributed by atoms with E-state index in [0.717, 1.165) is 0 Å². The molecule has 1 spiro atoms. The smallest absolute Gasteiger partial charge is 0.243 e. The largest absolute Gasteiger partial charge is 0.496 e. The Hall–Kier alpha value is -2.78. The van der Waals surface area contributed by atoms with Crippen molar-refractivity contribution in [3.63, 3.8) is 0 Å². The number of hydrogen-bond acceptors (Lipinski definition) is 7. The molecule has 0 N–H and O–H groups in total. The van der Waals surface area contributed by atoms with Gasteiger partial charge in [-0.25, -0.2) is 8.42 Å². The second kappa shape index (κ2) is 8.63. The average molecular weight is 462 g/mol. The molecule has 0 atom stereocenters. The number of benzene rings is 2. The number of fused-ring (bicyclic) bond motifs is 1. The van der Waals surface area contributed by atoms with Gasteiger partial charge in [0, 0.05) is 38.1 Å². The van der Waals surface area contributed by atoms with Crippen molar-refractivity contribution >= 4 is 15.8 Å². The minimum Gasteiger partial charge on any atom is -0.496 e. The summed E-state index contributed by atoms with van der Waals surface area (Å²) in [6.07, 6.45) is 1.00. The number of ether oxygens (including phenoxy) is 4. The highest BCUT2D eigenvalue weighted by molar-refractivity contribution is 7.89. The van der Waals surface area contributed by atoms with Crippen LogP contribution >= 0.6 is 0 Å². The summed E-state index contributed by atoms with van der Waals surface area (Å²) in [6.45, 7) is 2.91. The highest BCUT2D eigenvalue weighted by atomic mass is 32.2. The maximum atomic E-state index is 13.1. The first-order valence-electron chi connectivity index (χ1n) is 10.5. The first kappa shape index (κ1) is 22.4. The van der Waals surface area contributed by atoms with Gasteiger partial charge in [-0.15, -0.1) is 0 Å². The molecule has 2 aromatic carbocycles. The molecule has 1 saturated heterocycles. The number of sulfonamides is 1. The molecule has 8 nitrogen and oxygen atoms in total. The Kier molecular flexibility index (Phi) is 6.05. The Morgan fingerprint density at radius 1 is 1.03 bits per heavy atom. The zero-order valence-electron chi connectivity index (χ0n) is 18.4. The van der Waals surface area contributed by atoms with Crippen molar-refractivity contribution < 1.29 is 32.2 Å². The Balaban J connectivity index is 1.52. The molecule has 9 heteroatoms. The molecule has 0 unspecified atom stereocenters. The zero-order chi connectivity index (χ0) is 22.9. The minimum absolute atomic E-state index is 0.0754. The van der Waals surface area contributed by atoms with Gasteiger partial charge in [0.05, 0.1) is 32.1 Å². The topological polar surface area (TPSA) is 91.4 Å². The minimum atomic E-state index is -3.65. The van der Waals surface area contributed by atoms with E-state index in [2.05, 4.69) is 0 Å². The van der Waals surface area contributed by atoms with E-state index < -0.39 is 15.6 Å². The van der Waals surface area contributed by atoms with Crippen LogP contribution in [0.5, 0.6) is 23.0 Å². The summed E-state index contributed by atoms with van der Waals surface area (Å²) < 4.78 is 50.0. The van der Waals surface area contributed by atoms with E-state index in [9.17, 15) is 13.2 Å². The number of methoxy groups -OCH3 is 2. The van der Waals surface area contributed by atoms with Crippen molar-refractivity contribution in [1.29, 1.82) is 0 Å². The highest BCUT2D eigenvalue weighted by Gasteiger charge is 2.46. The van der Waals surface area contributed by atoms with E-state index in [1.807, 2.05) is 6.92 Å². The second-order valence-electron chi connectivity index (χ2n) is 7.90. The molecule has 1 fully saturated rings. The molecule has 2 aromatic rings. The van der Waals surface area contributed by atoms with Crippen LogP contribution in [0.3, 0.4) is 0 Å². The van der Waals surface area contributed by atoms with Crippen LogP contribution in [0.25, 0.3) is 0 Å². The van der Waals surface area contributed by atoms with Crippen LogP contribution in [-0.2, 0) is 10.0 Å². The van der Waals surface area contributed by atoms with Gasteiger partial charge in [-0.2, -0.15) is 4.31 Å². The lowest BCUT2D eigenvalue weighted by Crippen LogP contribution is -2.52. The van der Waals surface area contributed by atoms with Crippen molar-refractivity contribution in [2.75, 3.05) is 33.9 Å². The standard InChI is InChI=1S/C23H27NO7S/c1-4-30-16-5-7-18(8-6-16)32(26,27)24-11-9-23(10-12-24)15-19(25)22-20(29-3)13-17(28-2)14-21(22)31-23/h5-8,13-14H,4,9-12,15H2,1-3H3. The third-order valence-electron chi connectivity index (χ3n) is 5.99. The number of rotatable bonds is 6. The van der Waals surface area contributed by atoms with Gasteiger partial charge < -0.3 is 18.9 Å². The summed E-state index contributed by atoms with van der Waals surface area (Å²) in [7, 11) is -0.617. The Morgan fingerprint density at radius 3 is 2.31 bits per heavy atom. The monoisotopic (exact) mass is 461 g/mol. The Bertz CT molecular complexity index is 1100. The summed E-state index contributed by atoms with van der Waals surface area (Å²) in [6, 6.07) is 9.76. The van der Waals surface area contributed by atoms with E-state index in [1.165, 1.54) is 18.5 Å². The van der Waals surface area contributed by atoms with Crippen molar-refractivity contribution in [3.8, 4) is 23.0 Å². The fraction of sp³-hybridized carbons (Fsp3) is 0.435. The summed E-state index contributed by atoms with van der Waals surface area (Å²) in [5, 5.41) is 0. The molecule has 0 bridgehead atoms. The lowest BCUT2D eigenvalue weighted by Gasteiger charge is -2.43. The number of piperidine rings is 1. The molecule has 2 heterocycles. The van der Waals surface area contributed by atoms with Gasteiger partial charge >= 0.3 is 0 Å². The van der Waals surface area contributed by atoms with Gasteiger partial charge in [0.15, 0.2) is 5.78 Å². The van der Waals surface area contributed by atoms with Crippen LogP contribution in [0.1, 0.15) is 36.5 Å². The van der Waals surface area contributed by atoms with E-state index >= 15 is 0 Å². The maximum absolute atomic E-state index is 13.1. The first-order valence-corrected chi connectivity index (χ1v) is 12.0. The van der Waals surface area contributed by atoms with Crippen molar-refractivity contribution in [1.82, 2.24) is 4.31 Å². The Morgan fingerprint density at radius 2 is 1.72 bits per heavy atom. The zero-order valence-corrected chi connectivity index (χ0v) is 19.2. The molecular weight excluding hydrogens is 434 g/mol. The molecule has 0 saturated carbocycles. The number of carbonyl (C=O) groups excluding carboxylic acids is 1. The Labute approximate surface area is 188 Å². The van der Waals surface area contributed by atoms with Crippen LogP contribution in [0.4, 0.5) is 0 Å². The van der Waals surface area contributed by atoms with E-state index in [1.54, 1.807) is 36.4 Å². The number of nitrogens with zero attached hydrogens (tertiary/aromatic N) is 1. The second-order valence-corrected chi connectivity index (χ2v) is 9.83. The SMILES string of the molecule is CCOc1ccc(S(=O)(=O)N2CCC3(CC2)CC(=O)c2c(OC)cc(OC)cc2O3)cc1. The van der Waals surface area contributed by atoms with Gasteiger partial charge in [0.1, 0.15) is 34.2 Å². The quantitative estimate of drug-likeness (QED) is 0.652. The predicted octanol–water partition coefficient (Wildman–Crippen LogP) is 3.29. The summed E-state index contributed by atoms with van der Waals surface area (Å²) in [5.41, 5.74) is -0.338. The molecule has 32 heavy (non-hydrogen) atoms. The molecular formula is C23H27NO7S. The molecule has 0 radical (unpaired) electrons. The number of ketones is 1. The lowest BCUT2D eigenvalue weighted by molar-refractivity contribution is 0.00538. The van der Waals surface area contributed by atoms with Crippen LogP contribution in [0.2, 0.25) is 0 Å². The normalized spacial score (nSPS) is 18.0. The fourth-order valence-corrected chi connectivity index (χ4v) is 5.73. The number of hydrogen-bond donors (Lipinski definition) is 0. The van der Waals surface area contributed by atoms with Gasteiger partial charge in [0.25, 0.3) is 0 Å². The highest BCUT2D eigenvalue weighted by Crippen LogP contribution is 2.45. The van der Waals surface area contributed by atoms with Gasteiger partial charge in [-0.3, -0.25) is 4.79 Å². The first-order chi connectivity index (χ1) is 15.3. The van der Waals surface area contributed by atoms with Gasteiger partial charge in [0.2, 0.25) is 10.0 Å². The molecule has 4 rings (SSSR count). The predicted molar refractivity (Wildman–Crippen MR) is 117 cm³/mol. The maximum Gasteiger partial charge on any atom is 0.243 e. The summed E-state index contributed by atoms with van der Waals surface area (Å²) in [5.74, 6) is 1.91. The number of Topliss-reactive ketones (excluding diaryl/α,β-unsaturated/α-hetero) is 1.